The minimum Gasteiger partial charge on any atom is -0.342 e. The van der Waals surface area contributed by atoms with Crippen molar-refractivity contribution in [1.82, 2.24) is 20.0 Å². The second kappa shape index (κ2) is 8.34. The van der Waals surface area contributed by atoms with Gasteiger partial charge in [0, 0.05) is 11.6 Å². The third-order valence-electron chi connectivity index (χ3n) is 4.45. The highest BCUT2D eigenvalue weighted by Gasteiger charge is 2.23. The summed E-state index contributed by atoms with van der Waals surface area (Å²) in [6.07, 6.45) is 0. The SMILES string of the molecule is CC(C)NS(=O)(=O)c1cccc(C(=O)NC(c2nc3ccccc3[nH]2)C(C)C)c1. The normalized spacial score (nSPS) is 13.2. The fourth-order valence-corrected chi connectivity index (χ4v) is 4.37. The van der Waals surface area contributed by atoms with E-state index in [1.165, 1.54) is 12.1 Å². The number of hydrogen-bond acceptors (Lipinski definition) is 4. The summed E-state index contributed by atoms with van der Waals surface area (Å²) in [6, 6.07) is 13.1. The van der Waals surface area contributed by atoms with Crippen LogP contribution in [-0.4, -0.2) is 30.3 Å². The van der Waals surface area contributed by atoms with Crippen LogP contribution < -0.4 is 10.0 Å². The van der Waals surface area contributed by atoms with Gasteiger partial charge in [0.25, 0.3) is 5.91 Å². The number of nitrogens with zero attached hydrogens (tertiary/aromatic N) is 1. The standard InChI is InChI=1S/C21H26N4O3S/c1-13(2)19(20-22-17-10-5-6-11-18(17)23-20)24-21(26)15-8-7-9-16(12-15)29(27,28)25-14(3)4/h5-14,19,25H,1-4H3,(H,22,23)(H,24,26). The van der Waals surface area contributed by atoms with E-state index in [4.69, 9.17) is 0 Å². The van der Waals surface area contributed by atoms with Gasteiger partial charge in [-0.15, -0.1) is 0 Å². The van der Waals surface area contributed by atoms with Gasteiger partial charge in [-0.05, 0) is 50.1 Å². The van der Waals surface area contributed by atoms with Crippen molar-refractivity contribution in [3.63, 3.8) is 0 Å². The van der Waals surface area contributed by atoms with Crippen LogP contribution in [0.15, 0.2) is 53.4 Å². The van der Waals surface area contributed by atoms with Crippen LogP contribution >= 0.6 is 0 Å². The number of rotatable bonds is 7. The van der Waals surface area contributed by atoms with E-state index in [0.717, 1.165) is 11.0 Å². The van der Waals surface area contributed by atoms with E-state index in [1.807, 2.05) is 38.1 Å². The fraction of sp³-hybridized carbons (Fsp3) is 0.333. The zero-order chi connectivity index (χ0) is 21.2. The van der Waals surface area contributed by atoms with E-state index in [-0.39, 0.29) is 34.4 Å². The monoisotopic (exact) mass is 414 g/mol. The molecule has 2 aromatic carbocycles. The molecule has 0 aliphatic heterocycles. The average Bonchev–Trinajstić information content (AvgIpc) is 3.08. The summed E-state index contributed by atoms with van der Waals surface area (Å²) < 4.78 is 27.3. The maximum Gasteiger partial charge on any atom is 0.251 e. The third-order valence-corrected chi connectivity index (χ3v) is 6.11. The number of benzene rings is 2. The molecule has 1 atom stereocenters. The molecule has 3 rings (SSSR count). The van der Waals surface area contributed by atoms with Gasteiger partial charge in [0.1, 0.15) is 5.82 Å². The quantitative estimate of drug-likeness (QED) is 0.551. The molecule has 0 fully saturated rings. The Morgan fingerprint density at radius 3 is 2.41 bits per heavy atom. The van der Waals surface area contributed by atoms with Crippen molar-refractivity contribution in [3.8, 4) is 0 Å². The molecule has 0 aliphatic rings. The maximum atomic E-state index is 12.9. The molecule has 0 saturated carbocycles. The minimum absolute atomic E-state index is 0.0590. The number of imidazole rings is 1. The van der Waals surface area contributed by atoms with Crippen LogP contribution in [0.2, 0.25) is 0 Å². The first kappa shape index (κ1) is 21.0. The van der Waals surface area contributed by atoms with E-state index < -0.39 is 10.0 Å². The molecule has 8 heteroatoms. The van der Waals surface area contributed by atoms with Gasteiger partial charge in [0.2, 0.25) is 10.0 Å². The molecule has 0 radical (unpaired) electrons. The van der Waals surface area contributed by atoms with Crippen LogP contribution in [0.25, 0.3) is 11.0 Å². The molecule has 0 spiro atoms. The lowest BCUT2D eigenvalue weighted by Gasteiger charge is -2.20. The molecule has 0 bridgehead atoms. The summed E-state index contributed by atoms with van der Waals surface area (Å²) in [6.45, 7) is 7.47. The molecule has 3 aromatic rings. The summed E-state index contributed by atoms with van der Waals surface area (Å²) in [5.74, 6) is 0.389. The van der Waals surface area contributed by atoms with Crippen molar-refractivity contribution in [2.24, 2.45) is 5.92 Å². The number of nitrogens with one attached hydrogen (secondary N) is 3. The minimum atomic E-state index is -3.68. The fourth-order valence-electron chi connectivity index (χ4n) is 3.08. The number of H-pyrrole nitrogens is 1. The number of sulfonamides is 1. The number of aromatic amines is 1. The van der Waals surface area contributed by atoms with Crippen LogP contribution in [0, 0.1) is 5.92 Å². The molecule has 29 heavy (non-hydrogen) atoms. The first-order valence-corrected chi connectivity index (χ1v) is 11.0. The molecule has 0 saturated heterocycles. The van der Waals surface area contributed by atoms with Crippen LogP contribution in [0.5, 0.6) is 0 Å². The van der Waals surface area contributed by atoms with Crippen molar-refractivity contribution in [2.75, 3.05) is 0 Å². The molecule has 1 unspecified atom stereocenters. The average molecular weight is 415 g/mol. The first-order valence-electron chi connectivity index (χ1n) is 9.55. The molecule has 1 amide bonds. The van der Waals surface area contributed by atoms with E-state index in [1.54, 1.807) is 26.0 Å². The predicted octanol–water partition coefficient (Wildman–Crippen LogP) is 3.38. The molecule has 7 nitrogen and oxygen atoms in total. The second-order valence-corrected chi connectivity index (χ2v) is 9.35. The third kappa shape index (κ3) is 4.83. The maximum absolute atomic E-state index is 12.9. The molecule has 0 aliphatic carbocycles. The van der Waals surface area contributed by atoms with Gasteiger partial charge in [-0.2, -0.15) is 0 Å². The zero-order valence-electron chi connectivity index (χ0n) is 16.9. The van der Waals surface area contributed by atoms with Gasteiger partial charge < -0.3 is 10.3 Å². The Morgan fingerprint density at radius 2 is 1.76 bits per heavy atom. The lowest BCUT2D eigenvalue weighted by molar-refractivity contribution is 0.0923. The highest BCUT2D eigenvalue weighted by atomic mass is 32.2. The molecule has 3 N–H and O–H groups in total. The van der Waals surface area contributed by atoms with Gasteiger partial charge in [-0.25, -0.2) is 18.1 Å². The van der Waals surface area contributed by atoms with E-state index in [0.29, 0.717) is 5.82 Å². The molecule has 1 heterocycles. The summed E-state index contributed by atoms with van der Waals surface area (Å²) in [5, 5.41) is 2.98. The van der Waals surface area contributed by atoms with Crippen molar-refractivity contribution in [1.29, 1.82) is 0 Å². The topological polar surface area (TPSA) is 104 Å². The Hall–Kier alpha value is -2.71. The summed E-state index contributed by atoms with van der Waals surface area (Å²) >= 11 is 0. The number of hydrogen-bond donors (Lipinski definition) is 3. The predicted molar refractivity (Wildman–Crippen MR) is 113 cm³/mol. The van der Waals surface area contributed by atoms with Crippen LogP contribution in [0.3, 0.4) is 0 Å². The number of amides is 1. The second-order valence-electron chi connectivity index (χ2n) is 7.64. The van der Waals surface area contributed by atoms with E-state index in [2.05, 4.69) is 20.0 Å². The van der Waals surface area contributed by atoms with Crippen molar-refractivity contribution in [2.45, 2.75) is 44.7 Å². The first-order chi connectivity index (χ1) is 13.7. The number of carbonyl (C=O) groups is 1. The van der Waals surface area contributed by atoms with Gasteiger partial charge in [-0.3, -0.25) is 4.79 Å². The summed E-state index contributed by atoms with van der Waals surface area (Å²) in [5.41, 5.74) is 2.00. The molecule has 1 aromatic heterocycles. The number of aromatic nitrogens is 2. The summed E-state index contributed by atoms with van der Waals surface area (Å²) in [4.78, 5) is 20.8. The van der Waals surface area contributed by atoms with Gasteiger partial charge in [0.15, 0.2) is 0 Å². The highest BCUT2D eigenvalue weighted by molar-refractivity contribution is 7.89. The van der Waals surface area contributed by atoms with Crippen molar-refractivity contribution < 1.29 is 13.2 Å². The Kier molecular flexibility index (Phi) is 6.04. The Balaban J connectivity index is 1.86. The lowest BCUT2D eigenvalue weighted by atomic mass is 10.0. The van der Waals surface area contributed by atoms with Gasteiger partial charge >= 0.3 is 0 Å². The van der Waals surface area contributed by atoms with Crippen LogP contribution in [0.1, 0.15) is 49.9 Å². The van der Waals surface area contributed by atoms with Gasteiger partial charge in [-0.1, -0.05) is 32.0 Å². The number of para-hydroxylation sites is 2. The van der Waals surface area contributed by atoms with Gasteiger partial charge in [0.05, 0.1) is 22.0 Å². The largest absolute Gasteiger partial charge is 0.342 e. The summed E-state index contributed by atoms with van der Waals surface area (Å²) in [7, 11) is -3.68. The molecule has 154 valence electrons. The van der Waals surface area contributed by atoms with Crippen molar-refractivity contribution >= 4 is 27.0 Å². The number of fused-ring (bicyclic) bond motifs is 1. The number of carbonyl (C=O) groups excluding carboxylic acids is 1. The Labute approximate surface area is 171 Å². The molecular weight excluding hydrogens is 388 g/mol. The zero-order valence-corrected chi connectivity index (χ0v) is 17.7. The van der Waals surface area contributed by atoms with Crippen molar-refractivity contribution in [3.05, 3.63) is 59.9 Å². The lowest BCUT2D eigenvalue weighted by Crippen LogP contribution is -2.33. The highest BCUT2D eigenvalue weighted by Crippen LogP contribution is 2.23. The molecular formula is C21H26N4O3S. The van der Waals surface area contributed by atoms with Crippen LogP contribution in [-0.2, 0) is 10.0 Å². The van der Waals surface area contributed by atoms with Crippen LogP contribution in [0.4, 0.5) is 0 Å². The Bertz CT molecular complexity index is 1090. The Morgan fingerprint density at radius 1 is 1.03 bits per heavy atom. The van der Waals surface area contributed by atoms with E-state index in [9.17, 15) is 13.2 Å². The van der Waals surface area contributed by atoms with E-state index >= 15 is 0 Å². The smallest absolute Gasteiger partial charge is 0.251 e.